The van der Waals surface area contributed by atoms with Crippen LogP contribution < -0.4 is 9.50 Å². The maximum absolute atomic E-state index is 12.3. The Morgan fingerprint density at radius 3 is 2.36 bits per heavy atom. The van der Waals surface area contributed by atoms with Gasteiger partial charge in [-0.3, -0.25) is 9.78 Å². The summed E-state index contributed by atoms with van der Waals surface area (Å²) in [4.78, 5) is 16.0. The first kappa shape index (κ1) is 18.7. The number of nitrogens with one attached hydrogen (secondary N) is 1. The van der Waals surface area contributed by atoms with Gasteiger partial charge in [0.25, 0.3) is 0 Å². The lowest BCUT2D eigenvalue weighted by Gasteiger charge is -2.13. The molecule has 0 saturated heterocycles. The van der Waals surface area contributed by atoms with Crippen LogP contribution in [0.2, 0.25) is 0 Å². The van der Waals surface area contributed by atoms with Crippen molar-refractivity contribution >= 4 is 21.7 Å². The average molecular weight is 374 g/mol. The zero-order valence-electron chi connectivity index (χ0n) is 12.8. The SMILES string of the molecule is C[C@@H](C(=O)Nc1cccnc1)c1ccc(OS(=O)(=O)C(F)(F)F)cc1. The molecule has 0 fully saturated rings. The summed E-state index contributed by atoms with van der Waals surface area (Å²) in [6.07, 6.45) is 3.01. The van der Waals surface area contributed by atoms with Crippen molar-refractivity contribution in [2.45, 2.75) is 18.3 Å². The number of aromatic nitrogens is 1. The molecule has 1 heterocycles. The van der Waals surface area contributed by atoms with Crippen molar-refractivity contribution in [3.05, 3.63) is 54.4 Å². The lowest BCUT2D eigenvalue weighted by Crippen LogP contribution is -2.28. The molecule has 0 spiro atoms. The van der Waals surface area contributed by atoms with Crippen LogP contribution >= 0.6 is 0 Å². The molecule has 25 heavy (non-hydrogen) atoms. The molecule has 1 N–H and O–H groups in total. The third-order valence-electron chi connectivity index (χ3n) is 3.19. The van der Waals surface area contributed by atoms with Gasteiger partial charge in [0, 0.05) is 6.20 Å². The first-order chi connectivity index (χ1) is 11.6. The maximum atomic E-state index is 12.3. The topological polar surface area (TPSA) is 85.4 Å². The quantitative estimate of drug-likeness (QED) is 0.642. The second-order valence-electron chi connectivity index (χ2n) is 5.00. The molecule has 2 aromatic rings. The van der Waals surface area contributed by atoms with E-state index in [-0.39, 0.29) is 5.91 Å². The van der Waals surface area contributed by atoms with Crippen molar-refractivity contribution in [2.24, 2.45) is 0 Å². The summed E-state index contributed by atoms with van der Waals surface area (Å²) in [6, 6.07) is 8.02. The van der Waals surface area contributed by atoms with E-state index in [2.05, 4.69) is 14.5 Å². The highest BCUT2D eigenvalue weighted by Crippen LogP contribution is 2.28. The number of carbonyl (C=O) groups excluding carboxylic acids is 1. The molecule has 1 amide bonds. The summed E-state index contributed by atoms with van der Waals surface area (Å²) >= 11 is 0. The summed E-state index contributed by atoms with van der Waals surface area (Å²) in [5, 5.41) is 2.64. The van der Waals surface area contributed by atoms with Crippen LogP contribution in [-0.2, 0) is 14.9 Å². The van der Waals surface area contributed by atoms with Crippen molar-refractivity contribution in [1.82, 2.24) is 4.98 Å². The fourth-order valence-electron chi connectivity index (χ4n) is 1.82. The van der Waals surface area contributed by atoms with Crippen molar-refractivity contribution in [1.29, 1.82) is 0 Å². The van der Waals surface area contributed by atoms with Crippen LogP contribution in [0.5, 0.6) is 5.75 Å². The van der Waals surface area contributed by atoms with Crippen LogP contribution in [0.3, 0.4) is 0 Å². The van der Waals surface area contributed by atoms with Gasteiger partial charge in [-0.1, -0.05) is 12.1 Å². The van der Waals surface area contributed by atoms with Crippen molar-refractivity contribution in [3.8, 4) is 5.75 Å². The fraction of sp³-hybridized carbons (Fsp3) is 0.200. The lowest BCUT2D eigenvalue weighted by atomic mass is 10.0. The second kappa shape index (κ2) is 7.09. The Morgan fingerprint density at radius 2 is 1.84 bits per heavy atom. The molecule has 1 atom stereocenters. The number of halogens is 3. The molecule has 2 rings (SSSR count). The van der Waals surface area contributed by atoms with Crippen LogP contribution in [0, 0.1) is 0 Å². The van der Waals surface area contributed by atoms with E-state index in [9.17, 15) is 26.4 Å². The minimum absolute atomic E-state index is 0.357. The molecule has 1 aromatic carbocycles. The fourth-order valence-corrected chi connectivity index (χ4v) is 2.28. The minimum Gasteiger partial charge on any atom is -0.376 e. The molecule has 0 aliphatic carbocycles. The largest absolute Gasteiger partial charge is 0.534 e. The third kappa shape index (κ3) is 4.69. The Morgan fingerprint density at radius 1 is 1.20 bits per heavy atom. The summed E-state index contributed by atoms with van der Waals surface area (Å²) in [5.41, 5.74) is -4.54. The van der Waals surface area contributed by atoms with E-state index in [0.717, 1.165) is 12.1 Å². The molecular weight excluding hydrogens is 361 g/mol. The van der Waals surface area contributed by atoms with Crippen LogP contribution in [0.25, 0.3) is 0 Å². The number of benzene rings is 1. The Kier molecular flexibility index (Phi) is 5.31. The zero-order chi connectivity index (χ0) is 18.7. The van der Waals surface area contributed by atoms with Gasteiger partial charge < -0.3 is 9.50 Å². The number of nitrogens with zero attached hydrogens (tertiary/aromatic N) is 1. The Hall–Kier alpha value is -2.62. The van der Waals surface area contributed by atoms with E-state index in [1.807, 2.05) is 0 Å². The van der Waals surface area contributed by atoms with Crippen LogP contribution in [0.4, 0.5) is 18.9 Å². The highest BCUT2D eigenvalue weighted by atomic mass is 32.2. The third-order valence-corrected chi connectivity index (χ3v) is 4.17. The molecule has 0 radical (unpaired) electrons. The number of amides is 1. The number of pyridine rings is 1. The molecule has 0 unspecified atom stereocenters. The molecular formula is C15H13F3N2O4S. The molecule has 10 heteroatoms. The van der Waals surface area contributed by atoms with Crippen molar-refractivity contribution in [3.63, 3.8) is 0 Å². The lowest BCUT2D eigenvalue weighted by molar-refractivity contribution is -0.117. The predicted octanol–water partition coefficient (Wildman–Crippen LogP) is 3.05. The molecule has 0 bridgehead atoms. The van der Waals surface area contributed by atoms with Gasteiger partial charge >= 0.3 is 15.6 Å². The van der Waals surface area contributed by atoms with Gasteiger partial charge in [0.2, 0.25) is 5.91 Å². The monoisotopic (exact) mass is 374 g/mol. The molecule has 0 saturated carbocycles. The molecule has 6 nitrogen and oxygen atoms in total. The van der Waals surface area contributed by atoms with Gasteiger partial charge in [0.1, 0.15) is 5.75 Å². The Labute approximate surface area is 141 Å². The zero-order valence-corrected chi connectivity index (χ0v) is 13.6. The second-order valence-corrected chi connectivity index (χ2v) is 6.54. The Balaban J connectivity index is 2.07. The predicted molar refractivity (Wildman–Crippen MR) is 83.3 cm³/mol. The first-order valence-electron chi connectivity index (χ1n) is 6.92. The van der Waals surface area contributed by atoms with Crippen LogP contribution in [-0.4, -0.2) is 24.8 Å². The van der Waals surface area contributed by atoms with Gasteiger partial charge in [-0.05, 0) is 36.8 Å². The van der Waals surface area contributed by atoms with Crippen LogP contribution in [0.15, 0.2) is 48.8 Å². The minimum atomic E-state index is -5.73. The van der Waals surface area contributed by atoms with Crippen molar-refractivity contribution in [2.75, 3.05) is 5.32 Å². The van der Waals surface area contributed by atoms with Crippen LogP contribution in [0.1, 0.15) is 18.4 Å². The standard InChI is InChI=1S/C15H13F3N2O4S/c1-10(14(21)20-12-3-2-8-19-9-12)11-4-6-13(7-5-11)24-25(22,23)15(16,17)18/h2-10H,1H3,(H,20,21)/t10-/m1/s1. The van der Waals surface area contributed by atoms with E-state index in [0.29, 0.717) is 11.3 Å². The van der Waals surface area contributed by atoms with Crippen molar-refractivity contribution < 1.29 is 30.6 Å². The Bertz CT molecular complexity index is 837. The summed E-state index contributed by atoms with van der Waals surface area (Å²) < 4.78 is 62.7. The number of rotatable bonds is 5. The number of carbonyl (C=O) groups is 1. The van der Waals surface area contributed by atoms with E-state index >= 15 is 0 Å². The van der Waals surface area contributed by atoms with E-state index in [1.54, 1.807) is 25.3 Å². The normalized spacial score (nSPS) is 13.1. The highest BCUT2D eigenvalue weighted by Gasteiger charge is 2.48. The molecule has 134 valence electrons. The van der Waals surface area contributed by atoms with E-state index < -0.39 is 27.3 Å². The highest BCUT2D eigenvalue weighted by molar-refractivity contribution is 7.88. The van der Waals surface area contributed by atoms with E-state index in [1.165, 1.54) is 18.3 Å². The van der Waals surface area contributed by atoms with Gasteiger partial charge in [-0.25, -0.2) is 0 Å². The number of hydrogen-bond acceptors (Lipinski definition) is 5. The van der Waals surface area contributed by atoms with E-state index in [4.69, 9.17) is 0 Å². The average Bonchev–Trinajstić information content (AvgIpc) is 2.54. The summed E-state index contributed by atoms with van der Waals surface area (Å²) in [5.74, 6) is -1.49. The first-order valence-corrected chi connectivity index (χ1v) is 8.32. The van der Waals surface area contributed by atoms with Gasteiger partial charge in [0.15, 0.2) is 0 Å². The number of hydrogen-bond donors (Lipinski definition) is 1. The van der Waals surface area contributed by atoms with Gasteiger partial charge in [-0.2, -0.15) is 21.6 Å². The van der Waals surface area contributed by atoms with Gasteiger partial charge in [-0.15, -0.1) is 0 Å². The summed E-state index contributed by atoms with van der Waals surface area (Å²) in [7, 11) is -5.73. The number of anilines is 1. The number of alkyl halides is 3. The maximum Gasteiger partial charge on any atom is 0.534 e. The summed E-state index contributed by atoms with van der Waals surface area (Å²) in [6.45, 7) is 1.59. The van der Waals surface area contributed by atoms with Gasteiger partial charge in [0.05, 0.1) is 17.8 Å². The smallest absolute Gasteiger partial charge is 0.376 e. The molecule has 0 aliphatic rings. The molecule has 0 aliphatic heterocycles. The molecule has 1 aromatic heterocycles.